The number of ether oxygens (including phenoxy) is 1. The predicted molar refractivity (Wildman–Crippen MR) is 56.6 cm³/mol. The first-order chi connectivity index (χ1) is 6.85. The minimum atomic E-state index is -0.719. The van der Waals surface area contributed by atoms with Crippen molar-refractivity contribution in [1.82, 2.24) is 16.2 Å². The zero-order valence-corrected chi connectivity index (χ0v) is 9.77. The molecule has 0 heterocycles. The average molecular weight is 238 g/mol. The first kappa shape index (κ1) is 13.8. The third-order valence-electron chi connectivity index (χ3n) is 1.06. The Morgan fingerprint density at radius 3 is 2.33 bits per heavy atom. The van der Waals surface area contributed by atoms with Crippen LogP contribution in [0.1, 0.15) is 20.8 Å². The van der Waals surface area contributed by atoms with Gasteiger partial charge < -0.3 is 10.1 Å². The fourth-order valence-corrected chi connectivity index (χ4v) is 0.711. The molecule has 88 valence electrons. The van der Waals surface area contributed by atoms with Gasteiger partial charge in [-0.25, -0.2) is 20.4 Å². The summed E-state index contributed by atoms with van der Waals surface area (Å²) in [6.45, 7) is 5.49. The van der Waals surface area contributed by atoms with Gasteiger partial charge in [0.1, 0.15) is 5.60 Å². The Kier molecular flexibility index (Phi) is 5.84. The van der Waals surface area contributed by atoms with Crippen molar-refractivity contribution in [3.8, 4) is 0 Å². The lowest BCUT2D eigenvalue weighted by molar-refractivity contribution is 0.0505. The molecule has 0 aromatic carbocycles. The van der Waals surface area contributed by atoms with E-state index in [0.717, 1.165) is 0 Å². The molecule has 0 rings (SSSR count). The van der Waals surface area contributed by atoms with E-state index in [2.05, 4.69) is 16.2 Å². The Hall–Kier alpha value is -1.17. The molecule has 0 aliphatic rings. The van der Waals surface area contributed by atoms with Crippen molar-refractivity contribution in [1.29, 1.82) is 0 Å². The lowest BCUT2D eigenvalue weighted by Crippen LogP contribution is -2.48. The highest BCUT2D eigenvalue weighted by molar-refractivity contribution is 6.18. The van der Waals surface area contributed by atoms with Gasteiger partial charge in [-0.2, -0.15) is 0 Å². The number of alkyl halides is 1. The molecule has 0 bridgehead atoms. The van der Waals surface area contributed by atoms with E-state index in [0.29, 0.717) is 12.4 Å². The summed E-state index contributed by atoms with van der Waals surface area (Å²) in [5, 5.41) is 2.40. The molecule has 15 heavy (non-hydrogen) atoms. The highest BCUT2D eigenvalue weighted by Gasteiger charge is 2.16. The number of hydrogen-bond acceptors (Lipinski definition) is 3. The minimum Gasteiger partial charge on any atom is -0.443 e. The normalized spacial score (nSPS) is 10.4. The summed E-state index contributed by atoms with van der Waals surface area (Å²) in [6, 6.07) is -0.540. The summed E-state index contributed by atoms with van der Waals surface area (Å²) >= 11 is 5.34. The summed E-state index contributed by atoms with van der Waals surface area (Å²) in [5.41, 5.74) is 3.59. The third-order valence-corrected chi connectivity index (χ3v) is 1.25. The van der Waals surface area contributed by atoms with Crippen LogP contribution in [0.5, 0.6) is 0 Å². The minimum absolute atomic E-state index is 0.305. The molecular weight excluding hydrogens is 222 g/mol. The van der Waals surface area contributed by atoms with Crippen LogP contribution in [0.15, 0.2) is 0 Å². The molecule has 0 aromatic rings. The SMILES string of the molecule is CC(C)(C)OC(=O)NNC(=O)NCCCl. The summed E-state index contributed by atoms with van der Waals surface area (Å²) in [6.07, 6.45) is -0.719. The van der Waals surface area contributed by atoms with Crippen molar-refractivity contribution in [3.05, 3.63) is 0 Å². The van der Waals surface area contributed by atoms with Crippen molar-refractivity contribution in [3.63, 3.8) is 0 Å². The van der Waals surface area contributed by atoms with E-state index in [1.54, 1.807) is 20.8 Å². The second-order valence-electron chi connectivity index (χ2n) is 3.70. The zero-order valence-electron chi connectivity index (χ0n) is 9.02. The quantitative estimate of drug-likeness (QED) is 0.495. The van der Waals surface area contributed by atoms with Crippen LogP contribution in [0.2, 0.25) is 0 Å². The Balaban J connectivity index is 3.67. The molecule has 0 aliphatic heterocycles. The Labute approximate surface area is 93.7 Å². The highest BCUT2D eigenvalue weighted by Crippen LogP contribution is 2.05. The van der Waals surface area contributed by atoms with Gasteiger partial charge in [0.15, 0.2) is 0 Å². The fraction of sp³-hybridized carbons (Fsp3) is 0.750. The molecule has 3 amide bonds. The largest absolute Gasteiger partial charge is 0.443 e. The molecule has 0 spiro atoms. The van der Waals surface area contributed by atoms with Crippen LogP contribution in [0, 0.1) is 0 Å². The summed E-state index contributed by atoms with van der Waals surface area (Å²) in [7, 11) is 0. The van der Waals surface area contributed by atoms with Gasteiger partial charge >= 0.3 is 12.1 Å². The summed E-state index contributed by atoms with van der Waals surface area (Å²) < 4.78 is 4.87. The lowest BCUT2D eigenvalue weighted by atomic mass is 10.2. The van der Waals surface area contributed by atoms with Crippen LogP contribution >= 0.6 is 11.6 Å². The summed E-state index contributed by atoms with van der Waals surface area (Å²) in [5.74, 6) is 0.305. The standard InChI is InChI=1S/C8H16ClN3O3/c1-8(2,3)15-7(14)12-11-6(13)10-5-4-9/h4-5H2,1-3H3,(H,12,14)(H2,10,11,13). The van der Waals surface area contributed by atoms with E-state index < -0.39 is 17.7 Å². The van der Waals surface area contributed by atoms with E-state index in [1.807, 2.05) is 0 Å². The van der Waals surface area contributed by atoms with Crippen molar-refractivity contribution >= 4 is 23.7 Å². The van der Waals surface area contributed by atoms with Crippen LogP contribution in [0.3, 0.4) is 0 Å². The van der Waals surface area contributed by atoms with Crippen LogP contribution in [-0.4, -0.2) is 30.2 Å². The van der Waals surface area contributed by atoms with Gasteiger partial charge in [0.25, 0.3) is 0 Å². The highest BCUT2D eigenvalue weighted by atomic mass is 35.5. The van der Waals surface area contributed by atoms with Crippen LogP contribution < -0.4 is 16.2 Å². The first-order valence-corrected chi connectivity index (χ1v) is 4.97. The molecule has 0 aromatic heterocycles. The molecule has 0 radical (unpaired) electrons. The molecule has 0 aliphatic carbocycles. The van der Waals surface area contributed by atoms with Crippen molar-refractivity contribution in [2.24, 2.45) is 0 Å². The van der Waals surface area contributed by atoms with E-state index in [-0.39, 0.29) is 0 Å². The molecule has 6 nitrogen and oxygen atoms in total. The Morgan fingerprint density at radius 1 is 1.27 bits per heavy atom. The van der Waals surface area contributed by atoms with Gasteiger partial charge in [0.05, 0.1) is 0 Å². The van der Waals surface area contributed by atoms with E-state index in [4.69, 9.17) is 16.3 Å². The average Bonchev–Trinajstić information content (AvgIpc) is 2.08. The predicted octanol–water partition coefficient (Wildman–Crippen LogP) is 0.964. The zero-order chi connectivity index (χ0) is 11.9. The monoisotopic (exact) mass is 237 g/mol. The maximum Gasteiger partial charge on any atom is 0.426 e. The number of carbonyl (C=O) groups is 2. The first-order valence-electron chi connectivity index (χ1n) is 4.44. The van der Waals surface area contributed by atoms with Gasteiger partial charge in [0, 0.05) is 12.4 Å². The van der Waals surface area contributed by atoms with Crippen LogP contribution in [-0.2, 0) is 4.74 Å². The van der Waals surface area contributed by atoms with Crippen molar-refractivity contribution < 1.29 is 14.3 Å². The number of carbonyl (C=O) groups excluding carboxylic acids is 2. The molecule has 0 saturated heterocycles. The second-order valence-corrected chi connectivity index (χ2v) is 4.07. The van der Waals surface area contributed by atoms with Gasteiger partial charge in [-0.15, -0.1) is 11.6 Å². The van der Waals surface area contributed by atoms with Crippen molar-refractivity contribution in [2.75, 3.05) is 12.4 Å². The van der Waals surface area contributed by atoms with E-state index in [1.165, 1.54) is 0 Å². The number of halogens is 1. The molecule has 7 heteroatoms. The number of urea groups is 1. The lowest BCUT2D eigenvalue weighted by Gasteiger charge is -2.19. The molecule has 0 saturated carbocycles. The topological polar surface area (TPSA) is 79.5 Å². The van der Waals surface area contributed by atoms with Crippen LogP contribution in [0.4, 0.5) is 9.59 Å². The third kappa shape index (κ3) is 9.14. The second kappa shape index (κ2) is 6.34. The maximum atomic E-state index is 11.0. The molecule has 0 fully saturated rings. The number of amides is 3. The number of rotatable bonds is 2. The van der Waals surface area contributed by atoms with Crippen molar-refractivity contribution in [2.45, 2.75) is 26.4 Å². The fourth-order valence-electron chi connectivity index (χ4n) is 0.616. The number of nitrogens with one attached hydrogen (secondary N) is 3. The summed E-state index contributed by atoms with van der Waals surface area (Å²) in [4.78, 5) is 22.0. The van der Waals surface area contributed by atoms with E-state index in [9.17, 15) is 9.59 Å². The smallest absolute Gasteiger partial charge is 0.426 e. The molecule has 3 N–H and O–H groups in total. The number of hydrazine groups is 1. The Bertz CT molecular complexity index is 228. The van der Waals surface area contributed by atoms with E-state index >= 15 is 0 Å². The van der Waals surface area contributed by atoms with Gasteiger partial charge in [-0.1, -0.05) is 0 Å². The number of hydrogen-bond donors (Lipinski definition) is 3. The van der Waals surface area contributed by atoms with Gasteiger partial charge in [-0.3, -0.25) is 0 Å². The Morgan fingerprint density at radius 2 is 1.87 bits per heavy atom. The van der Waals surface area contributed by atoms with Gasteiger partial charge in [0.2, 0.25) is 0 Å². The van der Waals surface area contributed by atoms with Crippen LogP contribution in [0.25, 0.3) is 0 Å². The van der Waals surface area contributed by atoms with Gasteiger partial charge in [-0.05, 0) is 20.8 Å². The molecule has 0 unspecified atom stereocenters. The molecular formula is C8H16ClN3O3. The maximum absolute atomic E-state index is 11.0. The molecule has 0 atom stereocenters.